The summed E-state index contributed by atoms with van der Waals surface area (Å²) in [6, 6.07) is 5.68. The Morgan fingerprint density at radius 2 is 2.08 bits per heavy atom. The van der Waals surface area contributed by atoms with Crippen molar-refractivity contribution in [2.24, 2.45) is 23.7 Å². The van der Waals surface area contributed by atoms with Crippen LogP contribution in [0.5, 0.6) is 0 Å². The number of thiazole rings is 1. The van der Waals surface area contributed by atoms with Crippen LogP contribution in [0, 0.1) is 23.7 Å². The highest BCUT2D eigenvalue weighted by Gasteiger charge is 2.51. The highest BCUT2D eigenvalue weighted by Crippen LogP contribution is 2.48. The second-order valence-electron chi connectivity index (χ2n) is 6.84. The van der Waals surface area contributed by atoms with E-state index in [-0.39, 0.29) is 17.7 Å². The molecule has 1 aromatic carbocycles. The molecular weight excluding hydrogens is 368 g/mol. The number of aromatic nitrogens is 1. The second kappa shape index (κ2) is 7.04. The molecule has 2 aliphatic rings. The third kappa shape index (κ3) is 3.14. The molecular formula is C19H20N2O3S2. The van der Waals surface area contributed by atoms with Crippen LogP contribution in [-0.2, 0) is 9.59 Å². The fourth-order valence-electron chi connectivity index (χ4n) is 3.97. The zero-order valence-electron chi connectivity index (χ0n) is 14.3. The molecule has 0 spiro atoms. The van der Waals surface area contributed by atoms with Crippen molar-refractivity contribution in [3.8, 4) is 0 Å². The van der Waals surface area contributed by atoms with Crippen molar-refractivity contribution in [1.82, 2.24) is 4.98 Å². The Kier molecular flexibility index (Phi) is 4.75. The van der Waals surface area contributed by atoms with Gasteiger partial charge in [0.25, 0.3) is 0 Å². The number of rotatable bonds is 6. The minimum atomic E-state index is -0.877. The van der Waals surface area contributed by atoms with E-state index in [1.165, 1.54) is 0 Å². The molecule has 2 aliphatic carbocycles. The van der Waals surface area contributed by atoms with Gasteiger partial charge in [-0.25, -0.2) is 4.98 Å². The van der Waals surface area contributed by atoms with E-state index in [4.69, 9.17) is 0 Å². The fourth-order valence-corrected chi connectivity index (χ4v) is 6.01. The normalized spacial score (nSPS) is 26.5. The van der Waals surface area contributed by atoms with Gasteiger partial charge in [-0.15, -0.1) is 11.3 Å². The van der Waals surface area contributed by atoms with Crippen molar-refractivity contribution < 1.29 is 14.7 Å². The van der Waals surface area contributed by atoms with Gasteiger partial charge in [-0.2, -0.15) is 0 Å². The molecule has 7 heteroatoms. The zero-order valence-corrected chi connectivity index (χ0v) is 16.0. The summed E-state index contributed by atoms with van der Waals surface area (Å²) >= 11 is 3.37. The molecule has 4 rings (SSSR count). The van der Waals surface area contributed by atoms with Crippen molar-refractivity contribution in [2.45, 2.75) is 24.1 Å². The lowest BCUT2D eigenvalue weighted by molar-refractivity contribution is -0.146. The van der Waals surface area contributed by atoms with Gasteiger partial charge >= 0.3 is 5.97 Å². The standard InChI is InChI=1S/C19H20N2O3S2/c1-2-7-25-19-21-13-6-5-12(9-14(13)26-19)20-17(22)15-10-3-4-11(8-10)16(15)18(23)24/h3-6,9-11,15-16H,2,7-8H2,1H3,(H,20,22)(H,23,24)/t10-,11-,15-,16-/m0/s1. The van der Waals surface area contributed by atoms with Gasteiger partial charge < -0.3 is 10.4 Å². The number of benzene rings is 1. The summed E-state index contributed by atoms with van der Waals surface area (Å²) in [6.07, 6.45) is 5.82. The summed E-state index contributed by atoms with van der Waals surface area (Å²) < 4.78 is 2.07. The molecule has 1 fully saturated rings. The number of nitrogens with zero attached hydrogens (tertiary/aromatic N) is 1. The van der Waals surface area contributed by atoms with Crippen LogP contribution in [0.3, 0.4) is 0 Å². The number of aliphatic carboxylic acids is 1. The van der Waals surface area contributed by atoms with Gasteiger partial charge in [0.05, 0.1) is 22.1 Å². The summed E-state index contributed by atoms with van der Waals surface area (Å²) in [4.78, 5) is 29.0. The number of hydrogen-bond acceptors (Lipinski definition) is 5. The van der Waals surface area contributed by atoms with Crippen molar-refractivity contribution >= 4 is 50.9 Å². The number of anilines is 1. The maximum absolute atomic E-state index is 12.8. The molecule has 1 aromatic heterocycles. The first-order chi connectivity index (χ1) is 12.6. The first kappa shape index (κ1) is 17.5. The van der Waals surface area contributed by atoms with Gasteiger partial charge in [0.1, 0.15) is 0 Å². The molecule has 1 heterocycles. The number of thioether (sulfide) groups is 1. The smallest absolute Gasteiger partial charge is 0.307 e. The average molecular weight is 389 g/mol. The number of carboxylic acids is 1. The summed E-state index contributed by atoms with van der Waals surface area (Å²) in [5, 5.41) is 12.4. The Labute approximate surface area is 159 Å². The maximum Gasteiger partial charge on any atom is 0.307 e. The number of fused-ring (bicyclic) bond motifs is 3. The Morgan fingerprint density at radius 3 is 2.81 bits per heavy atom. The van der Waals surface area contributed by atoms with Crippen molar-refractivity contribution in [1.29, 1.82) is 0 Å². The summed E-state index contributed by atoms with van der Waals surface area (Å²) in [5.41, 5.74) is 1.63. The van der Waals surface area contributed by atoms with Gasteiger partial charge in [0.2, 0.25) is 5.91 Å². The summed E-state index contributed by atoms with van der Waals surface area (Å²) in [5.74, 6) is -1.13. The van der Waals surface area contributed by atoms with Crippen molar-refractivity contribution in [2.75, 3.05) is 11.1 Å². The minimum Gasteiger partial charge on any atom is -0.481 e. The van der Waals surface area contributed by atoms with Crippen LogP contribution < -0.4 is 5.32 Å². The molecule has 2 N–H and O–H groups in total. The maximum atomic E-state index is 12.8. The number of carbonyl (C=O) groups excluding carboxylic acids is 1. The summed E-state index contributed by atoms with van der Waals surface area (Å²) in [7, 11) is 0. The third-order valence-electron chi connectivity index (χ3n) is 5.11. The topological polar surface area (TPSA) is 79.3 Å². The predicted molar refractivity (Wildman–Crippen MR) is 105 cm³/mol. The SMILES string of the molecule is CCCSc1nc2ccc(NC(=O)[C@@H]3[C@@H](C(=O)O)[C@H]4C=C[C@H]3C4)cc2s1. The zero-order chi connectivity index (χ0) is 18.3. The molecule has 4 atom stereocenters. The van der Waals surface area contributed by atoms with E-state index in [1.54, 1.807) is 23.1 Å². The first-order valence-corrected chi connectivity index (χ1v) is 10.6. The van der Waals surface area contributed by atoms with Crippen LogP contribution in [0.15, 0.2) is 34.7 Å². The highest BCUT2D eigenvalue weighted by atomic mass is 32.2. The molecule has 1 saturated carbocycles. The predicted octanol–water partition coefficient (Wildman–Crippen LogP) is 4.26. The Morgan fingerprint density at radius 1 is 1.31 bits per heavy atom. The van der Waals surface area contributed by atoms with Crippen LogP contribution in [0.2, 0.25) is 0 Å². The van der Waals surface area contributed by atoms with Crippen LogP contribution in [0.1, 0.15) is 19.8 Å². The number of nitrogens with one attached hydrogen (secondary N) is 1. The molecule has 0 saturated heterocycles. The van der Waals surface area contributed by atoms with Crippen LogP contribution in [-0.4, -0.2) is 27.7 Å². The number of amides is 1. The van der Waals surface area contributed by atoms with E-state index >= 15 is 0 Å². The second-order valence-corrected chi connectivity index (χ2v) is 9.21. The molecule has 0 radical (unpaired) electrons. The van der Waals surface area contributed by atoms with E-state index in [0.717, 1.165) is 33.2 Å². The monoisotopic (exact) mass is 388 g/mol. The molecule has 0 aliphatic heterocycles. The first-order valence-electron chi connectivity index (χ1n) is 8.82. The number of carboxylic acid groups (broad SMARTS) is 1. The lowest BCUT2D eigenvalue weighted by atomic mass is 9.82. The van der Waals surface area contributed by atoms with Gasteiger partial charge in [-0.1, -0.05) is 30.8 Å². The molecule has 1 amide bonds. The minimum absolute atomic E-state index is 0.0182. The Hall–Kier alpha value is -1.86. The number of hydrogen-bond donors (Lipinski definition) is 2. The van der Waals surface area contributed by atoms with E-state index in [1.807, 2.05) is 30.4 Å². The lowest BCUT2D eigenvalue weighted by Crippen LogP contribution is -2.36. The molecule has 0 unspecified atom stereocenters. The van der Waals surface area contributed by atoms with Gasteiger partial charge in [-0.05, 0) is 42.9 Å². The van der Waals surface area contributed by atoms with Gasteiger partial charge in [-0.3, -0.25) is 9.59 Å². The van der Waals surface area contributed by atoms with E-state index in [0.29, 0.717) is 5.69 Å². The Bertz CT molecular complexity index is 892. The van der Waals surface area contributed by atoms with Crippen LogP contribution >= 0.6 is 23.1 Å². The van der Waals surface area contributed by atoms with E-state index in [9.17, 15) is 14.7 Å². The molecule has 26 heavy (non-hydrogen) atoms. The van der Waals surface area contributed by atoms with E-state index in [2.05, 4.69) is 17.2 Å². The third-order valence-corrected chi connectivity index (χ3v) is 7.48. The number of carbonyl (C=O) groups is 2. The largest absolute Gasteiger partial charge is 0.481 e. The number of allylic oxidation sites excluding steroid dienone is 2. The molecule has 2 aromatic rings. The van der Waals surface area contributed by atoms with Crippen molar-refractivity contribution in [3.63, 3.8) is 0 Å². The van der Waals surface area contributed by atoms with Gasteiger partial charge in [0, 0.05) is 11.4 Å². The average Bonchev–Trinajstić information content (AvgIpc) is 3.32. The van der Waals surface area contributed by atoms with Gasteiger partial charge in [0.15, 0.2) is 4.34 Å². The summed E-state index contributed by atoms with van der Waals surface area (Å²) in [6.45, 7) is 2.14. The molecule has 2 bridgehead atoms. The van der Waals surface area contributed by atoms with Crippen LogP contribution in [0.25, 0.3) is 10.2 Å². The highest BCUT2D eigenvalue weighted by molar-refractivity contribution is 8.01. The van der Waals surface area contributed by atoms with E-state index < -0.39 is 17.8 Å². The Balaban J connectivity index is 1.52. The van der Waals surface area contributed by atoms with Crippen LogP contribution in [0.4, 0.5) is 5.69 Å². The van der Waals surface area contributed by atoms with Crippen molar-refractivity contribution in [3.05, 3.63) is 30.4 Å². The molecule has 136 valence electrons. The fraction of sp³-hybridized carbons (Fsp3) is 0.421. The lowest BCUT2D eigenvalue weighted by Gasteiger charge is -2.23. The quantitative estimate of drug-likeness (QED) is 0.571. The molecule has 5 nitrogen and oxygen atoms in total.